The predicted octanol–water partition coefficient (Wildman–Crippen LogP) is 3.78. The zero-order chi connectivity index (χ0) is 24.2. The second-order valence-electron chi connectivity index (χ2n) is 6.71. The average molecular weight is 547 g/mol. The Kier molecular flexibility index (Phi) is 7.37. The smallest absolute Gasteiger partial charge is 0.343 e. The maximum absolute atomic E-state index is 12.4. The number of esters is 1. The van der Waals surface area contributed by atoms with Crippen LogP contribution in [0.3, 0.4) is 0 Å². The van der Waals surface area contributed by atoms with Gasteiger partial charge in [0.25, 0.3) is 5.91 Å². The number of hydrogen-bond donors (Lipinski definition) is 1. The molecule has 0 aliphatic carbocycles. The molecule has 0 aliphatic rings. The molecule has 2 aromatic carbocycles. The van der Waals surface area contributed by atoms with Crippen LogP contribution in [0.2, 0.25) is 0 Å². The van der Waals surface area contributed by atoms with Crippen LogP contribution in [-0.4, -0.2) is 36.7 Å². The Hall–Kier alpha value is -3.40. The minimum atomic E-state index is -3.56. The van der Waals surface area contributed by atoms with Crippen molar-refractivity contribution >= 4 is 60.2 Å². The molecule has 1 heterocycles. The number of carbonyl (C=O) groups excluding carboxylic acids is 2. The number of hydrogen-bond acceptors (Lipinski definition) is 9. The van der Waals surface area contributed by atoms with E-state index in [0.29, 0.717) is 26.9 Å². The summed E-state index contributed by atoms with van der Waals surface area (Å²) >= 11 is 4.00. The van der Waals surface area contributed by atoms with Gasteiger partial charge in [0, 0.05) is 6.26 Å². The molecule has 0 radical (unpaired) electrons. The summed E-state index contributed by atoms with van der Waals surface area (Å²) in [6.07, 6.45) is 2.30. The lowest BCUT2D eigenvalue weighted by atomic mass is 10.1. The van der Waals surface area contributed by atoms with E-state index < -0.39 is 21.7 Å². The first-order valence-electron chi connectivity index (χ1n) is 9.12. The number of carbonyl (C=O) groups is 2. The Morgan fingerprint density at radius 1 is 1.18 bits per heavy atom. The zero-order valence-corrected chi connectivity index (χ0v) is 20.4. The van der Waals surface area contributed by atoms with Gasteiger partial charge in [-0.3, -0.25) is 10.1 Å². The number of nitrogens with zero attached hydrogens (tertiary/aromatic N) is 3. The predicted molar refractivity (Wildman–Crippen MR) is 126 cm³/mol. The fraction of sp³-hybridized carbons (Fsp3) is 0.0952. The number of aromatic nitrogens is 2. The molecule has 0 spiro atoms. The van der Waals surface area contributed by atoms with Gasteiger partial charge >= 0.3 is 5.97 Å². The number of rotatable bonds is 6. The standard InChI is InChI=1S/C21H15BrN4O5S2/c1-12-3-6-14(7-4-12)19(28)31-17-8-5-13(10-16(17)22)9-15(11-23)18(27)24-20-25-26-21(32-20)33(2,29)30/h3-10H,1-2H3,(H,24,25,27). The monoisotopic (exact) mass is 546 g/mol. The molecule has 0 atom stereocenters. The van der Waals surface area contributed by atoms with E-state index in [9.17, 15) is 23.3 Å². The normalized spacial score (nSPS) is 11.5. The highest BCUT2D eigenvalue weighted by Gasteiger charge is 2.18. The number of amides is 1. The van der Waals surface area contributed by atoms with Gasteiger partial charge in [0.05, 0.1) is 10.0 Å². The maximum Gasteiger partial charge on any atom is 0.343 e. The van der Waals surface area contributed by atoms with Crippen LogP contribution in [0.15, 0.2) is 56.9 Å². The number of benzene rings is 2. The van der Waals surface area contributed by atoms with Gasteiger partial charge in [-0.05, 0) is 58.8 Å². The molecule has 0 fully saturated rings. The highest BCUT2D eigenvalue weighted by Crippen LogP contribution is 2.28. The van der Waals surface area contributed by atoms with Crippen LogP contribution in [0.1, 0.15) is 21.5 Å². The number of nitriles is 1. The van der Waals surface area contributed by atoms with Gasteiger partial charge < -0.3 is 4.74 Å². The fourth-order valence-electron chi connectivity index (χ4n) is 2.43. The van der Waals surface area contributed by atoms with Crippen LogP contribution in [0.5, 0.6) is 5.75 Å². The van der Waals surface area contributed by atoms with Gasteiger partial charge in [0.2, 0.25) is 19.3 Å². The Balaban J connectivity index is 1.74. The molecule has 0 saturated heterocycles. The Bertz CT molecular complexity index is 1410. The van der Waals surface area contributed by atoms with Gasteiger partial charge in [-0.15, -0.1) is 10.2 Å². The topological polar surface area (TPSA) is 139 Å². The zero-order valence-electron chi connectivity index (χ0n) is 17.2. The molecule has 0 saturated carbocycles. The molecule has 9 nitrogen and oxygen atoms in total. The summed E-state index contributed by atoms with van der Waals surface area (Å²) in [5.74, 6) is -1.04. The van der Waals surface area contributed by atoms with E-state index in [-0.39, 0.29) is 20.8 Å². The number of ether oxygens (including phenoxy) is 1. The Labute approximate surface area is 201 Å². The molecule has 3 rings (SSSR count). The minimum Gasteiger partial charge on any atom is -0.422 e. The summed E-state index contributed by atoms with van der Waals surface area (Å²) in [4.78, 5) is 24.7. The third kappa shape index (κ3) is 6.32. The van der Waals surface area contributed by atoms with Crippen LogP contribution in [0.4, 0.5) is 5.13 Å². The second-order valence-corrected chi connectivity index (χ2v) is 10.7. The third-order valence-electron chi connectivity index (χ3n) is 4.07. The molecule has 12 heteroatoms. The molecule has 1 aromatic heterocycles. The molecule has 3 aromatic rings. The molecule has 33 heavy (non-hydrogen) atoms. The quantitative estimate of drug-likeness (QED) is 0.162. The average Bonchev–Trinajstić information content (AvgIpc) is 3.23. The van der Waals surface area contributed by atoms with E-state index in [0.717, 1.165) is 11.8 Å². The van der Waals surface area contributed by atoms with Crippen molar-refractivity contribution in [3.63, 3.8) is 0 Å². The van der Waals surface area contributed by atoms with Crippen molar-refractivity contribution in [3.05, 3.63) is 69.2 Å². The minimum absolute atomic E-state index is 0.0545. The van der Waals surface area contributed by atoms with E-state index in [1.165, 1.54) is 12.1 Å². The van der Waals surface area contributed by atoms with Crippen molar-refractivity contribution in [2.45, 2.75) is 11.3 Å². The summed E-state index contributed by atoms with van der Waals surface area (Å²) in [5, 5.41) is 18.8. The van der Waals surface area contributed by atoms with E-state index in [2.05, 4.69) is 31.4 Å². The highest BCUT2D eigenvalue weighted by atomic mass is 79.9. The van der Waals surface area contributed by atoms with Crippen LogP contribution in [0.25, 0.3) is 6.08 Å². The molecule has 1 N–H and O–H groups in total. The molecular formula is C21H15BrN4O5S2. The number of aryl methyl sites for hydroxylation is 1. The number of nitrogens with one attached hydrogen (secondary N) is 1. The van der Waals surface area contributed by atoms with Crippen LogP contribution in [-0.2, 0) is 14.6 Å². The van der Waals surface area contributed by atoms with Gasteiger partial charge in [-0.25, -0.2) is 13.2 Å². The van der Waals surface area contributed by atoms with Crippen LogP contribution < -0.4 is 10.1 Å². The summed E-state index contributed by atoms with van der Waals surface area (Å²) in [6, 6.07) is 13.4. The van der Waals surface area contributed by atoms with E-state index in [1.807, 2.05) is 6.92 Å². The van der Waals surface area contributed by atoms with Crippen molar-refractivity contribution in [2.75, 3.05) is 11.6 Å². The maximum atomic E-state index is 12.4. The third-order valence-corrected chi connectivity index (χ3v) is 7.19. The van der Waals surface area contributed by atoms with E-state index >= 15 is 0 Å². The highest BCUT2D eigenvalue weighted by molar-refractivity contribution is 9.10. The summed E-state index contributed by atoms with van der Waals surface area (Å²) in [6.45, 7) is 1.91. The molecule has 1 amide bonds. The molecule has 168 valence electrons. The molecule has 0 bridgehead atoms. The molecular weight excluding hydrogens is 532 g/mol. The van der Waals surface area contributed by atoms with Gasteiger partial charge in [0.15, 0.2) is 0 Å². The van der Waals surface area contributed by atoms with Crippen molar-refractivity contribution in [1.82, 2.24) is 10.2 Å². The lowest BCUT2D eigenvalue weighted by molar-refractivity contribution is -0.112. The first-order chi connectivity index (χ1) is 15.6. The van der Waals surface area contributed by atoms with Crippen molar-refractivity contribution in [3.8, 4) is 11.8 Å². The second kappa shape index (κ2) is 10.0. The van der Waals surface area contributed by atoms with Gasteiger partial charge in [-0.2, -0.15) is 5.26 Å². The fourth-order valence-corrected chi connectivity index (χ4v) is 4.41. The lowest BCUT2D eigenvalue weighted by Crippen LogP contribution is -2.13. The van der Waals surface area contributed by atoms with Crippen LogP contribution in [0, 0.1) is 18.3 Å². The van der Waals surface area contributed by atoms with E-state index in [1.54, 1.807) is 42.5 Å². The molecule has 0 unspecified atom stereocenters. The Morgan fingerprint density at radius 2 is 1.88 bits per heavy atom. The number of anilines is 1. The summed E-state index contributed by atoms with van der Waals surface area (Å²) in [5.41, 5.74) is 1.65. The van der Waals surface area contributed by atoms with Crippen molar-refractivity contribution < 1.29 is 22.7 Å². The van der Waals surface area contributed by atoms with E-state index in [4.69, 9.17) is 4.74 Å². The molecule has 0 aliphatic heterocycles. The van der Waals surface area contributed by atoms with Crippen LogP contribution >= 0.6 is 27.3 Å². The van der Waals surface area contributed by atoms with Crippen molar-refractivity contribution in [1.29, 1.82) is 5.26 Å². The number of halogens is 1. The summed E-state index contributed by atoms with van der Waals surface area (Å²) in [7, 11) is -3.56. The number of sulfone groups is 1. The van der Waals surface area contributed by atoms with Gasteiger partial charge in [0.1, 0.15) is 17.4 Å². The summed E-state index contributed by atoms with van der Waals surface area (Å²) < 4.78 is 28.5. The largest absolute Gasteiger partial charge is 0.422 e. The SMILES string of the molecule is Cc1ccc(C(=O)Oc2ccc(C=C(C#N)C(=O)Nc3nnc(S(C)(=O)=O)s3)cc2Br)cc1. The Morgan fingerprint density at radius 3 is 2.45 bits per heavy atom. The first-order valence-corrected chi connectivity index (χ1v) is 12.6. The van der Waals surface area contributed by atoms with Crippen molar-refractivity contribution in [2.24, 2.45) is 0 Å². The lowest BCUT2D eigenvalue weighted by Gasteiger charge is -2.08. The van der Waals surface area contributed by atoms with Gasteiger partial charge in [-0.1, -0.05) is 35.1 Å². The first kappa shape index (κ1) is 24.2.